The first-order chi connectivity index (χ1) is 18.2. The van der Waals surface area contributed by atoms with E-state index in [-0.39, 0.29) is 0 Å². The number of hydrogen-bond acceptors (Lipinski definition) is 4. The van der Waals surface area contributed by atoms with Gasteiger partial charge >= 0.3 is 0 Å². The van der Waals surface area contributed by atoms with Crippen LogP contribution in [0.4, 0.5) is 0 Å². The van der Waals surface area contributed by atoms with Crippen LogP contribution >= 0.6 is 0 Å². The molecule has 1 aliphatic rings. The highest BCUT2D eigenvalue weighted by Gasteiger charge is 2.31. The minimum atomic E-state index is -0.823. The molecule has 37 heavy (non-hydrogen) atoms. The van der Waals surface area contributed by atoms with Gasteiger partial charge in [0.25, 0.3) is 0 Å². The van der Waals surface area contributed by atoms with Crippen LogP contribution < -0.4 is 4.74 Å². The normalized spacial score (nSPS) is 15.1. The Hall–Kier alpha value is -3.93. The first kappa shape index (κ1) is 23.5. The van der Waals surface area contributed by atoms with Crippen molar-refractivity contribution in [1.82, 2.24) is 9.55 Å². The molecule has 0 saturated carbocycles. The molecular weight excluding hydrogens is 460 g/mol. The minimum Gasteiger partial charge on any atom is -0.489 e. The van der Waals surface area contributed by atoms with Crippen LogP contribution in [0.5, 0.6) is 5.75 Å². The first-order valence-electron chi connectivity index (χ1n) is 12.8. The summed E-state index contributed by atoms with van der Waals surface area (Å²) in [6.45, 7) is 2.37. The van der Waals surface area contributed by atoms with E-state index in [0.717, 1.165) is 28.8 Å². The number of aliphatic hydroxyl groups is 1. The molecule has 5 aromatic rings. The van der Waals surface area contributed by atoms with Gasteiger partial charge in [0.05, 0.1) is 11.9 Å². The number of nitrogens with zero attached hydrogens (tertiary/aromatic N) is 2. The summed E-state index contributed by atoms with van der Waals surface area (Å²) in [7, 11) is 0. The Bertz CT molecular complexity index is 1490. The second kappa shape index (κ2) is 10.2. The predicted octanol–water partition coefficient (Wildman–Crippen LogP) is 6.33. The molecule has 4 aromatic carbocycles. The van der Waals surface area contributed by atoms with E-state index in [9.17, 15) is 5.11 Å². The molecule has 6 rings (SSSR count). The van der Waals surface area contributed by atoms with Gasteiger partial charge < -0.3 is 19.1 Å². The maximum absolute atomic E-state index is 11.1. The molecule has 0 bridgehead atoms. The van der Waals surface area contributed by atoms with Gasteiger partial charge in [-0.2, -0.15) is 0 Å². The Morgan fingerprint density at radius 2 is 1.76 bits per heavy atom. The zero-order chi connectivity index (χ0) is 25.1. The maximum atomic E-state index is 11.1. The summed E-state index contributed by atoms with van der Waals surface area (Å²) in [5, 5.41) is 13.4. The molecule has 0 unspecified atom stereocenters. The van der Waals surface area contributed by atoms with Gasteiger partial charge in [-0.1, -0.05) is 54.6 Å². The maximum Gasteiger partial charge on any atom is 0.120 e. The molecule has 1 saturated heterocycles. The van der Waals surface area contributed by atoms with Crippen molar-refractivity contribution in [3.63, 3.8) is 0 Å². The Morgan fingerprint density at radius 1 is 0.892 bits per heavy atom. The van der Waals surface area contributed by atoms with Crippen molar-refractivity contribution in [2.24, 2.45) is 0 Å². The van der Waals surface area contributed by atoms with Crippen LogP contribution in [0, 0.1) is 0 Å². The van der Waals surface area contributed by atoms with E-state index in [1.807, 2.05) is 49.1 Å². The van der Waals surface area contributed by atoms with Gasteiger partial charge in [0.2, 0.25) is 0 Å². The lowest BCUT2D eigenvalue weighted by atomic mass is 9.86. The Morgan fingerprint density at radius 3 is 2.57 bits per heavy atom. The molecule has 2 heterocycles. The van der Waals surface area contributed by atoms with Crippen LogP contribution in [-0.4, -0.2) is 27.9 Å². The summed E-state index contributed by atoms with van der Waals surface area (Å²) < 4.78 is 13.8. The molecular formula is C32H30N2O3. The molecule has 1 N–H and O–H groups in total. The summed E-state index contributed by atoms with van der Waals surface area (Å²) in [6, 6.07) is 29.4. The second-order valence-corrected chi connectivity index (χ2v) is 9.76. The Labute approximate surface area is 216 Å². The van der Waals surface area contributed by atoms with Crippen LogP contribution in [0.2, 0.25) is 0 Å². The minimum absolute atomic E-state index is 0.436. The van der Waals surface area contributed by atoms with Crippen LogP contribution in [0.15, 0.2) is 104 Å². The fourth-order valence-electron chi connectivity index (χ4n) is 5.14. The lowest BCUT2D eigenvalue weighted by molar-refractivity contribution is -0.0679. The van der Waals surface area contributed by atoms with Crippen molar-refractivity contribution < 1.29 is 14.6 Å². The van der Waals surface area contributed by atoms with Crippen LogP contribution in [0.3, 0.4) is 0 Å². The standard InChI is InChI=1S/C32H30N2O3/c35-32(11-15-36-16-12-32)28-8-4-5-24(18-28)22-37-29-10-9-27-17-25(21-34-14-13-33-23-34)19-30(31(27)20-29)26-6-2-1-3-7-26/h1-10,13-14,17-20,23,35H,11-12,15-16,21-22H2. The van der Waals surface area contributed by atoms with Gasteiger partial charge in [0.1, 0.15) is 12.4 Å². The largest absolute Gasteiger partial charge is 0.489 e. The fourth-order valence-corrected chi connectivity index (χ4v) is 5.14. The van der Waals surface area contributed by atoms with Crippen molar-refractivity contribution >= 4 is 10.8 Å². The molecule has 1 aromatic heterocycles. The van der Waals surface area contributed by atoms with Gasteiger partial charge in [-0.25, -0.2) is 4.98 Å². The average Bonchev–Trinajstić information content (AvgIpc) is 3.46. The molecule has 0 spiro atoms. The number of imidazole rings is 1. The van der Waals surface area contributed by atoms with E-state index in [2.05, 4.69) is 64.1 Å². The monoisotopic (exact) mass is 490 g/mol. The van der Waals surface area contributed by atoms with Gasteiger partial charge in [-0.3, -0.25) is 0 Å². The van der Waals surface area contributed by atoms with Crippen molar-refractivity contribution in [3.8, 4) is 16.9 Å². The molecule has 0 aliphatic carbocycles. The topological polar surface area (TPSA) is 56.5 Å². The average molecular weight is 491 g/mol. The van der Waals surface area contributed by atoms with E-state index in [1.165, 1.54) is 22.1 Å². The SMILES string of the molecule is OC1(c2cccc(COc3ccc4cc(Cn5ccnc5)cc(-c5ccccc5)c4c3)c2)CCOCC1. The number of rotatable bonds is 7. The molecule has 0 amide bonds. The Kier molecular flexibility index (Phi) is 6.47. The molecule has 0 radical (unpaired) electrons. The summed E-state index contributed by atoms with van der Waals surface area (Å²) in [6.07, 6.45) is 6.88. The summed E-state index contributed by atoms with van der Waals surface area (Å²) in [4.78, 5) is 4.18. The summed E-state index contributed by atoms with van der Waals surface area (Å²) >= 11 is 0. The molecule has 1 aliphatic heterocycles. The van der Waals surface area contributed by atoms with E-state index < -0.39 is 5.60 Å². The Balaban J connectivity index is 1.29. The third kappa shape index (κ3) is 5.15. The second-order valence-electron chi connectivity index (χ2n) is 9.76. The zero-order valence-corrected chi connectivity index (χ0v) is 20.7. The van der Waals surface area contributed by atoms with E-state index in [4.69, 9.17) is 9.47 Å². The molecule has 186 valence electrons. The highest BCUT2D eigenvalue weighted by molar-refractivity contribution is 5.98. The lowest BCUT2D eigenvalue weighted by Crippen LogP contribution is -2.33. The van der Waals surface area contributed by atoms with Gasteiger partial charge in [-0.05, 0) is 68.9 Å². The number of ether oxygens (including phenoxy) is 2. The van der Waals surface area contributed by atoms with E-state index in [1.54, 1.807) is 0 Å². The highest BCUT2D eigenvalue weighted by Crippen LogP contribution is 2.34. The smallest absolute Gasteiger partial charge is 0.120 e. The van der Waals surface area contributed by atoms with Crippen LogP contribution in [0.1, 0.15) is 29.5 Å². The zero-order valence-electron chi connectivity index (χ0n) is 20.7. The number of fused-ring (bicyclic) bond motifs is 1. The summed E-state index contributed by atoms with van der Waals surface area (Å²) in [5.41, 5.74) is 4.73. The van der Waals surface area contributed by atoms with Crippen molar-refractivity contribution in [3.05, 3.63) is 120 Å². The number of benzene rings is 4. The third-order valence-corrected chi connectivity index (χ3v) is 7.18. The van der Waals surface area contributed by atoms with Gasteiger partial charge in [-0.15, -0.1) is 0 Å². The van der Waals surface area contributed by atoms with Gasteiger partial charge in [0, 0.05) is 45.0 Å². The summed E-state index contributed by atoms with van der Waals surface area (Å²) in [5.74, 6) is 0.822. The van der Waals surface area contributed by atoms with Crippen LogP contribution in [0.25, 0.3) is 21.9 Å². The fraction of sp³-hybridized carbons (Fsp3) is 0.219. The van der Waals surface area contributed by atoms with E-state index in [0.29, 0.717) is 32.7 Å². The quantitative estimate of drug-likeness (QED) is 0.290. The first-order valence-corrected chi connectivity index (χ1v) is 12.8. The molecule has 5 nitrogen and oxygen atoms in total. The van der Waals surface area contributed by atoms with Crippen LogP contribution in [-0.2, 0) is 23.5 Å². The predicted molar refractivity (Wildman–Crippen MR) is 145 cm³/mol. The molecule has 5 heteroatoms. The van der Waals surface area contributed by atoms with Crippen molar-refractivity contribution in [1.29, 1.82) is 0 Å². The van der Waals surface area contributed by atoms with E-state index >= 15 is 0 Å². The highest BCUT2D eigenvalue weighted by atomic mass is 16.5. The van der Waals surface area contributed by atoms with Crippen molar-refractivity contribution in [2.45, 2.75) is 31.6 Å². The lowest BCUT2D eigenvalue weighted by Gasteiger charge is -2.32. The van der Waals surface area contributed by atoms with Gasteiger partial charge in [0.15, 0.2) is 0 Å². The molecule has 0 atom stereocenters. The molecule has 1 fully saturated rings. The number of aromatic nitrogens is 2. The van der Waals surface area contributed by atoms with Crippen molar-refractivity contribution in [2.75, 3.05) is 13.2 Å². The number of hydrogen-bond donors (Lipinski definition) is 1. The third-order valence-electron chi connectivity index (χ3n) is 7.18.